The number of pyridine rings is 1. The SMILES string of the molecule is CN.COc1cc2nccc(Oc3ccc(NC(=S)NCC(F)F)c(Cl)c3)c2cc1C=O. The predicted molar refractivity (Wildman–Crippen MR) is 126 cm³/mol. The highest BCUT2D eigenvalue weighted by Crippen LogP contribution is 2.34. The number of rotatable bonds is 7. The van der Waals surface area contributed by atoms with Gasteiger partial charge in [0.25, 0.3) is 6.43 Å². The van der Waals surface area contributed by atoms with E-state index in [9.17, 15) is 13.6 Å². The van der Waals surface area contributed by atoms with Crippen molar-refractivity contribution in [3.05, 3.63) is 53.2 Å². The number of benzene rings is 2. The van der Waals surface area contributed by atoms with Crippen LogP contribution in [-0.2, 0) is 0 Å². The summed E-state index contributed by atoms with van der Waals surface area (Å²) in [6.45, 7) is -0.562. The minimum Gasteiger partial charge on any atom is -0.496 e. The number of alkyl halides is 2. The van der Waals surface area contributed by atoms with Crippen LogP contribution in [0.5, 0.6) is 17.2 Å². The third kappa shape index (κ3) is 6.46. The smallest absolute Gasteiger partial charge is 0.255 e. The van der Waals surface area contributed by atoms with Gasteiger partial charge in [0.15, 0.2) is 11.4 Å². The summed E-state index contributed by atoms with van der Waals surface area (Å²) in [5.41, 5.74) is 5.89. The molecular weight excluding hydrogens is 462 g/mol. The van der Waals surface area contributed by atoms with E-state index < -0.39 is 13.0 Å². The third-order valence-corrected chi connectivity index (χ3v) is 4.57. The Labute approximate surface area is 193 Å². The molecule has 0 aliphatic heterocycles. The Bertz CT molecular complexity index is 1100. The molecular formula is C21H21ClF2N4O3S. The summed E-state index contributed by atoms with van der Waals surface area (Å²) in [7, 11) is 2.97. The molecule has 0 spiro atoms. The zero-order valence-corrected chi connectivity index (χ0v) is 18.8. The van der Waals surface area contributed by atoms with Crippen molar-refractivity contribution >= 4 is 51.8 Å². The maximum Gasteiger partial charge on any atom is 0.255 e. The van der Waals surface area contributed by atoms with Gasteiger partial charge in [-0.25, -0.2) is 8.78 Å². The molecule has 2 aromatic carbocycles. The fourth-order valence-corrected chi connectivity index (χ4v) is 3.06. The van der Waals surface area contributed by atoms with E-state index in [1.807, 2.05) is 0 Å². The predicted octanol–water partition coefficient (Wildman–Crippen LogP) is 4.63. The Hall–Kier alpha value is -3.08. The molecule has 0 aliphatic carbocycles. The van der Waals surface area contributed by atoms with Gasteiger partial charge in [-0.05, 0) is 43.5 Å². The summed E-state index contributed by atoms with van der Waals surface area (Å²) in [5, 5.41) is 6.07. The van der Waals surface area contributed by atoms with Gasteiger partial charge in [-0.2, -0.15) is 0 Å². The lowest BCUT2D eigenvalue weighted by Crippen LogP contribution is -2.32. The topological polar surface area (TPSA) is 98.5 Å². The first-order chi connectivity index (χ1) is 15.4. The number of ether oxygens (including phenoxy) is 2. The van der Waals surface area contributed by atoms with Crippen LogP contribution in [0.15, 0.2) is 42.6 Å². The quantitative estimate of drug-likeness (QED) is 0.331. The first kappa shape index (κ1) is 25.2. The largest absolute Gasteiger partial charge is 0.496 e. The number of nitrogens with one attached hydrogen (secondary N) is 2. The van der Waals surface area contributed by atoms with Gasteiger partial charge in [-0.15, -0.1) is 0 Å². The van der Waals surface area contributed by atoms with Crippen LogP contribution in [-0.4, -0.2) is 43.5 Å². The second-order valence-corrected chi connectivity index (χ2v) is 6.82. The second-order valence-electron chi connectivity index (χ2n) is 6.01. The Kier molecular flexibility index (Phi) is 9.51. The Morgan fingerprint density at radius 3 is 2.62 bits per heavy atom. The zero-order valence-electron chi connectivity index (χ0n) is 17.2. The highest BCUT2D eigenvalue weighted by atomic mass is 35.5. The number of aromatic nitrogens is 1. The lowest BCUT2D eigenvalue weighted by Gasteiger charge is -2.14. The molecule has 0 amide bonds. The molecule has 11 heteroatoms. The van der Waals surface area contributed by atoms with Gasteiger partial charge < -0.3 is 25.8 Å². The molecule has 0 bridgehead atoms. The van der Waals surface area contributed by atoms with Crippen molar-refractivity contribution in [2.45, 2.75) is 6.43 Å². The van der Waals surface area contributed by atoms with Crippen LogP contribution in [0.25, 0.3) is 10.9 Å². The third-order valence-electron chi connectivity index (χ3n) is 4.01. The van der Waals surface area contributed by atoms with E-state index in [1.165, 1.54) is 14.2 Å². The van der Waals surface area contributed by atoms with Gasteiger partial charge in [-0.3, -0.25) is 9.78 Å². The average Bonchev–Trinajstić information content (AvgIpc) is 2.80. The first-order valence-corrected chi connectivity index (χ1v) is 10.00. The Balaban J connectivity index is 0.00000176. The van der Waals surface area contributed by atoms with E-state index in [-0.39, 0.29) is 10.1 Å². The molecule has 1 heterocycles. The van der Waals surface area contributed by atoms with Crippen molar-refractivity contribution in [3.8, 4) is 17.2 Å². The fourth-order valence-electron chi connectivity index (χ4n) is 2.65. The molecule has 170 valence electrons. The molecule has 3 aromatic rings. The van der Waals surface area contributed by atoms with Crippen LogP contribution in [0.1, 0.15) is 10.4 Å². The number of carbonyl (C=O) groups excluding carboxylic acids is 1. The van der Waals surface area contributed by atoms with Crippen molar-refractivity contribution in [2.75, 3.05) is 26.0 Å². The van der Waals surface area contributed by atoms with Gasteiger partial charge in [0.1, 0.15) is 17.2 Å². The molecule has 32 heavy (non-hydrogen) atoms. The van der Waals surface area contributed by atoms with Gasteiger partial charge in [0, 0.05) is 23.7 Å². The summed E-state index contributed by atoms with van der Waals surface area (Å²) in [6, 6.07) is 9.74. The standard InChI is InChI=1S/C20H16ClF2N3O3S.CH5N/c1-28-18-8-16-13(6-11(18)10-27)17(4-5-24-16)29-12-2-3-15(14(21)7-12)26-20(30)25-9-19(22)23;1-2/h2-8,10,19H,9H2,1H3,(H2,25,26,30);2H2,1H3. The highest BCUT2D eigenvalue weighted by Gasteiger charge is 2.12. The van der Waals surface area contributed by atoms with Gasteiger partial charge in [0.2, 0.25) is 0 Å². The number of fused-ring (bicyclic) bond motifs is 1. The Morgan fingerprint density at radius 1 is 1.25 bits per heavy atom. The van der Waals surface area contributed by atoms with Crippen molar-refractivity contribution in [1.82, 2.24) is 10.3 Å². The minimum atomic E-state index is -2.52. The van der Waals surface area contributed by atoms with E-state index in [2.05, 4.69) is 21.4 Å². The first-order valence-electron chi connectivity index (χ1n) is 9.21. The van der Waals surface area contributed by atoms with E-state index in [4.69, 9.17) is 33.3 Å². The van der Waals surface area contributed by atoms with Crippen molar-refractivity contribution in [2.24, 2.45) is 5.73 Å². The molecule has 7 nitrogen and oxygen atoms in total. The molecule has 1 aromatic heterocycles. The molecule has 0 unspecified atom stereocenters. The number of hydrogen-bond donors (Lipinski definition) is 3. The average molecular weight is 483 g/mol. The van der Waals surface area contributed by atoms with Crippen LogP contribution in [0.4, 0.5) is 14.5 Å². The number of carbonyl (C=O) groups is 1. The van der Waals surface area contributed by atoms with Crippen molar-refractivity contribution < 1.29 is 23.0 Å². The molecule has 0 radical (unpaired) electrons. The minimum absolute atomic E-state index is 0.0290. The summed E-state index contributed by atoms with van der Waals surface area (Å²) < 4.78 is 35.6. The van der Waals surface area contributed by atoms with Crippen LogP contribution < -0.4 is 25.8 Å². The lowest BCUT2D eigenvalue weighted by molar-refractivity contribution is 0.112. The van der Waals surface area contributed by atoms with Crippen LogP contribution in [0.2, 0.25) is 5.02 Å². The number of aldehydes is 1. The zero-order chi connectivity index (χ0) is 23.7. The number of methoxy groups -OCH3 is 1. The normalized spacial score (nSPS) is 10.2. The number of halogens is 3. The van der Waals surface area contributed by atoms with E-state index in [0.717, 1.165) is 0 Å². The number of hydrogen-bond acceptors (Lipinski definition) is 6. The molecule has 0 saturated carbocycles. The van der Waals surface area contributed by atoms with Crippen molar-refractivity contribution in [1.29, 1.82) is 0 Å². The molecule has 3 rings (SSSR count). The monoisotopic (exact) mass is 482 g/mol. The van der Waals surface area contributed by atoms with Crippen molar-refractivity contribution in [3.63, 3.8) is 0 Å². The van der Waals surface area contributed by atoms with Crippen LogP contribution in [0.3, 0.4) is 0 Å². The molecule has 0 fully saturated rings. The molecule has 0 aliphatic rings. The summed E-state index contributed by atoms with van der Waals surface area (Å²) in [5.74, 6) is 1.31. The summed E-state index contributed by atoms with van der Waals surface area (Å²) in [6.07, 6.45) is -0.259. The molecule has 4 N–H and O–H groups in total. The maximum absolute atomic E-state index is 12.3. The van der Waals surface area contributed by atoms with E-state index in [1.54, 1.807) is 42.6 Å². The Morgan fingerprint density at radius 2 is 2.00 bits per heavy atom. The number of nitrogens with zero attached hydrogens (tertiary/aromatic N) is 1. The van der Waals surface area contributed by atoms with Gasteiger partial charge in [-0.1, -0.05) is 11.6 Å². The van der Waals surface area contributed by atoms with Gasteiger partial charge in [0.05, 0.1) is 35.4 Å². The van der Waals surface area contributed by atoms with E-state index in [0.29, 0.717) is 45.7 Å². The highest BCUT2D eigenvalue weighted by molar-refractivity contribution is 7.80. The lowest BCUT2D eigenvalue weighted by atomic mass is 10.1. The number of nitrogens with two attached hydrogens (primary N) is 1. The fraction of sp³-hybridized carbons (Fsp3) is 0.190. The van der Waals surface area contributed by atoms with Gasteiger partial charge >= 0.3 is 0 Å². The second kappa shape index (κ2) is 12.1. The molecule has 0 atom stereocenters. The van der Waals surface area contributed by atoms with E-state index >= 15 is 0 Å². The number of thiocarbonyl (C=S) groups is 1. The number of anilines is 1. The maximum atomic E-state index is 12.3. The van der Waals surface area contributed by atoms with Crippen LogP contribution >= 0.6 is 23.8 Å². The molecule has 0 saturated heterocycles. The van der Waals surface area contributed by atoms with Crippen LogP contribution in [0, 0.1) is 0 Å². The summed E-state index contributed by atoms with van der Waals surface area (Å²) in [4.78, 5) is 15.6. The summed E-state index contributed by atoms with van der Waals surface area (Å²) >= 11 is 11.2.